The summed E-state index contributed by atoms with van der Waals surface area (Å²) >= 11 is 9.14. The van der Waals surface area contributed by atoms with Gasteiger partial charge in [-0.25, -0.2) is 9.37 Å². The van der Waals surface area contributed by atoms with E-state index in [0.29, 0.717) is 0 Å². The molecule has 0 spiro atoms. The molecule has 0 aliphatic rings. The van der Waals surface area contributed by atoms with Gasteiger partial charge in [0.25, 0.3) is 5.91 Å². The van der Waals surface area contributed by atoms with Gasteiger partial charge in [0, 0.05) is 4.47 Å². The average Bonchev–Trinajstić information content (AvgIpc) is 2.42. The van der Waals surface area contributed by atoms with Crippen LogP contribution in [0.25, 0.3) is 0 Å². The van der Waals surface area contributed by atoms with E-state index in [0.717, 1.165) is 22.3 Å². The van der Waals surface area contributed by atoms with Gasteiger partial charge >= 0.3 is 0 Å². The second kappa shape index (κ2) is 6.33. The zero-order valence-corrected chi connectivity index (χ0v) is 12.9. The Balaban J connectivity index is 2.15. The number of carbonyl (C=O) groups is 1. The Bertz CT molecular complexity index is 634. The highest BCUT2D eigenvalue weighted by molar-refractivity contribution is 9.10. The van der Waals surface area contributed by atoms with Gasteiger partial charge in [-0.15, -0.1) is 0 Å². The van der Waals surface area contributed by atoms with Crippen LogP contribution in [0.5, 0.6) is 0 Å². The number of amides is 1. The van der Waals surface area contributed by atoms with Gasteiger partial charge in [0.1, 0.15) is 11.0 Å². The zero-order valence-electron chi connectivity index (χ0n) is 10.5. The minimum Gasteiger partial charge on any atom is -0.345 e. The summed E-state index contributed by atoms with van der Waals surface area (Å²) in [5, 5.41) is 2.73. The van der Waals surface area contributed by atoms with Gasteiger partial charge in [0.15, 0.2) is 0 Å². The lowest BCUT2D eigenvalue weighted by Crippen LogP contribution is -2.27. The Morgan fingerprint density at radius 2 is 2.05 bits per heavy atom. The summed E-state index contributed by atoms with van der Waals surface area (Å²) in [6.45, 7) is 1.84. The van der Waals surface area contributed by atoms with Crippen LogP contribution in [0.15, 0.2) is 41.0 Å². The van der Waals surface area contributed by atoms with E-state index in [1.165, 1.54) is 0 Å². The van der Waals surface area contributed by atoms with E-state index in [-0.39, 0.29) is 16.8 Å². The molecule has 1 heterocycles. The Morgan fingerprint density at radius 1 is 1.40 bits per heavy atom. The molecule has 0 radical (unpaired) electrons. The lowest BCUT2D eigenvalue weighted by Gasteiger charge is -2.14. The molecule has 0 unspecified atom stereocenters. The molecular weight excluding hydrogens is 347 g/mol. The summed E-state index contributed by atoms with van der Waals surface area (Å²) < 4.78 is 14.1. The smallest absolute Gasteiger partial charge is 0.254 e. The van der Waals surface area contributed by atoms with E-state index in [4.69, 9.17) is 11.6 Å². The van der Waals surface area contributed by atoms with Crippen LogP contribution in [0.3, 0.4) is 0 Å². The number of rotatable bonds is 3. The molecule has 3 nitrogen and oxygen atoms in total. The molecular formula is C14H11BrClFN2O. The number of benzene rings is 1. The van der Waals surface area contributed by atoms with E-state index in [9.17, 15) is 9.18 Å². The Hall–Kier alpha value is -1.46. The fraction of sp³-hybridized carbons (Fsp3) is 0.143. The van der Waals surface area contributed by atoms with Gasteiger partial charge in [-0.1, -0.05) is 39.7 Å². The van der Waals surface area contributed by atoms with Crippen molar-refractivity contribution >= 4 is 33.4 Å². The number of halogens is 3. The Kier molecular flexibility index (Phi) is 4.73. The third kappa shape index (κ3) is 3.55. The van der Waals surface area contributed by atoms with Crippen molar-refractivity contribution in [3.8, 4) is 0 Å². The number of pyridine rings is 1. The highest BCUT2D eigenvalue weighted by Gasteiger charge is 2.15. The molecule has 1 aromatic carbocycles. The van der Waals surface area contributed by atoms with Gasteiger partial charge < -0.3 is 5.32 Å². The fourth-order valence-electron chi connectivity index (χ4n) is 1.69. The van der Waals surface area contributed by atoms with E-state index < -0.39 is 11.7 Å². The highest BCUT2D eigenvalue weighted by atomic mass is 79.9. The van der Waals surface area contributed by atoms with Gasteiger partial charge in [-0.05, 0) is 30.7 Å². The van der Waals surface area contributed by atoms with Crippen LogP contribution in [0, 0.1) is 5.82 Å². The first-order valence-corrected chi connectivity index (χ1v) is 7.02. The maximum atomic E-state index is 13.1. The first-order valence-electron chi connectivity index (χ1n) is 5.84. The number of hydrogen-bond acceptors (Lipinski definition) is 2. The van der Waals surface area contributed by atoms with Crippen molar-refractivity contribution in [1.29, 1.82) is 0 Å². The van der Waals surface area contributed by atoms with Crippen LogP contribution < -0.4 is 5.32 Å². The number of carbonyl (C=O) groups excluding carboxylic acids is 1. The van der Waals surface area contributed by atoms with Crippen LogP contribution >= 0.6 is 27.5 Å². The molecule has 1 amide bonds. The van der Waals surface area contributed by atoms with Crippen molar-refractivity contribution in [3.05, 3.63) is 63.1 Å². The summed E-state index contributed by atoms with van der Waals surface area (Å²) in [4.78, 5) is 15.7. The van der Waals surface area contributed by atoms with Crippen LogP contribution in [0.4, 0.5) is 4.39 Å². The standard InChI is InChI=1S/C14H11BrClFN2O/c1-8(9-2-4-10(15)5-3-9)19-14(20)12-6-11(17)7-18-13(12)16/h2-8H,1H3,(H,19,20)/t8-/m1/s1. The van der Waals surface area contributed by atoms with Crippen molar-refractivity contribution in [3.63, 3.8) is 0 Å². The first-order chi connectivity index (χ1) is 9.47. The maximum absolute atomic E-state index is 13.1. The number of aromatic nitrogens is 1. The van der Waals surface area contributed by atoms with Crippen LogP contribution in [0.1, 0.15) is 28.9 Å². The number of nitrogens with zero attached hydrogens (tertiary/aromatic N) is 1. The minimum absolute atomic E-state index is 0.0214. The normalized spacial score (nSPS) is 12.0. The second-order valence-electron chi connectivity index (χ2n) is 4.24. The van der Waals surface area contributed by atoms with Crippen molar-refractivity contribution in [2.75, 3.05) is 0 Å². The quantitative estimate of drug-likeness (QED) is 0.839. The van der Waals surface area contributed by atoms with Gasteiger partial charge in [0.2, 0.25) is 0 Å². The summed E-state index contributed by atoms with van der Waals surface area (Å²) in [5.74, 6) is -1.06. The van der Waals surface area contributed by atoms with Gasteiger partial charge in [-0.3, -0.25) is 4.79 Å². The number of hydrogen-bond donors (Lipinski definition) is 1. The predicted octanol–water partition coefficient (Wildman–Crippen LogP) is 4.13. The molecule has 0 saturated carbocycles. The Morgan fingerprint density at radius 3 is 2.70 bits per heavy atom. The minimum atomic E-state index is -0.601. The average molecular weight is 358 g/mol. The lowest BCUT2D eigenvalue weighted by molar-refractivity contribution is 0.0939. The third-order valence-corrected chi connectivity index (χ3v) is 3.60. The van der Waals surface area contributed by atoms with Gasteiger partial charge in [0.05, 0.1) is 17.8 Å². The molecule has 1 atom stereocenters. The molecule has 0 bridgehead atoms. The van der Waals surface area contributed by atoms with Crippen LogP contribution in [0.2, 0.25) is 5.15 Å². The first kappa shape index (κ1) is 14.9. The van der Waals surface area contributed by atoms with E-state index in [1.807, 2.05) is 31.2 Å². The summed E-state index contributed by atoms with van der Waals surface area (Å²) in [6.07, 6.45) is 0.970. The highest BCUT2D eigenvalue weighted by Crippen LogP contribution is 2.19. The molecule has 104 valence electrons. The molecule has 0 aliphatic heterocycles. The van der Waals surface area contributed by atoms with Crippen molar-refractivity contribution < 1.29 is 9.18 Å². The summed E-state index contributed by atoms with van der Waals surface area (Å²) in [7, 11) is 0. The number of nitrogens with one attached hydrogen (secondary N) is 1. The Labute approximate surface area is 129 Å². The molecule has 2 rings (SSSR count). The largest absolute Gasteiger partial charge is 0.345 e. The van der Waals surface area contributed by atoms with E-state index >= 15 is 0 Å². The second-order valence-corrected chi connectivity index (χ2v) is 5.51. The SMILES string of the molecule is C[C@@H](NC(=O)c1cc(F)cnc1Cl)c1ccc(Br)cc1. The van der Waals surface area contributed by atoms with E-state index in [2.05, 4.69) is 26.2 Å². The molecule has 6 heteroatoms. The molecule has 0 aliphatic carbocycles. The predicted molar refractivity (Wildman–Crippen MR) is 79.2 cm³/mol. The molecule has 0 saturated heterocycles. The van der Waals surface area contributed by atoms with E-state index in [1.54, 1.807) is 0 Å². The van der Waals surface area contributed by atoms with Crippen LogP contribution in [-0.2, 0) is 0 Å². The monoisotopic (exact) mass is 356 g/mol. The lowest BCUT2D eigenvalue weighted by atomic mass is 10.1. The molecule has 20 heavy (non-hydrogen) atoms. The molecule has 2 aromatic rings. The van der Waals surface area contributed by atoms with Crippen LogP contribution in [-0.4, -0.2) is 10.9 Å². The van der Waals surface area contributed by atoms with Gasteiger partial charge in [-0.2, -0.15) is 0 Å². The topological polar surface area (TPSA) is 42.0 Å². The fourth-order valence-corrected chi connectivity index (χ4v) is 2.14. The summed E-state index contributed by atoms with van der Waals surface area (Å²) in [5.41, 5.74) is 0.956. The third-order valence-electron chi connectivity index (χ3n) is 2.77. The molecule has 1 N–H and O–H groups in total. The van der Waals surface area contributed by atoms with Crippen molar-refractivity contribution in [2.24, 2.45) is 0 Å². The van der Waals surface area contributed by atoms with Crippen molar-refractivity contribution in [2.45, 2.75) is 13.0 Å². The van der Waals surface area contributed by atoms with Crippen molar-refractivity contribution in [1.82, 2.24) is 10.3 Å². The molecule has 1 aromatic heterocycles. The molecule has 0 fully saturated rings. The maximum Gasteiger partial charge on any atom is 0.254 e. The summed E-state index contributed by atoms with van der Waals surface area (Å²) in [6, 6.07) is 8.39. The zero-order chi connectivity index (χ0) is 14.7.